The van der Waals surface area contributed by atoms with Gasteiger partial charge in [-0.3, -0.25) is 4.79 Å². The standard InChI is InChI=1S/C11H22N2O2/c1-8(2)10(12)11(14)13-7-9-3-5-15-6-4-9/h8-10H,3-7,12H2,1-2H3,(H,13,14). The van der Waals surface area contributed by atoms with Gasteiger partial charge in [-0.05, 0) is 24.7 Å². The van der Waals surface area contributed by atoms with E-state index >= 15 is 0 Å². The molecule has 4 heteroatoms. The lowest BCUT2D eigenvalue weighted by atomic mass is 9.99. The average molecular weight is 214 g/mol. The number of hydrogen-bond acceptors (Lipinski definition) is 3. The van der Waals surface area contributed by atoms with Crippen LogP contribution >= 0.6 is 0 Å². The van der Waals surface area contributed by atoms with Crippen molar-refractivity contribution >= 4 is 5.91 Å². The maximum Gasteiger partial charge on any atom is 0.237 e. The summed E-state index contributed by atoms with van der Waals surface area (Å²) in [5.41, 5.74) is 5.74. The molecule has 0 radical (unpaired) electrons. The Morgan fingerprint density at radius 1 is 1.47 bits per heavy atom. The number of amides is 1. The lowest BCUT2D eigenvalue weighted by molar-refractivity contribution is -0.123. The van der Waals surface area contributed by atoms with Gasteiger partial charge in [0.1, 0.15) is 0 Å². The van der Waals surface area contributed by atoms with Crippen LogP contribution in [0.2, 0.25) is 0 Å². The molecule has 1 rings (SSSR count). The van der Waals surface area contributed by atoms with Crippen molar-refractivity contribution in [3.8, 4) is 0 Å². The first-order valence-corrected chi connectivity index (χ1v) is 5.72. The highest BCUT2D eigenvalue weighted by molar-refractivity contribution is 5.81. The van der Waals surface area contributed by atoms with Gasteiger partial charge in [-0.1, -0.05) is 13.8 Å². The first kappa shape index (κ1) is 12.5. The second kappa shape index (κ2) is 6.08. The molecular weight excluding hydrogens is 192 g/mol. The lowest BCUT2D eigenvalue weighted by Gasteiger charge is -2.23. The van der Waals surface area contributed by atoms with E-state index in [1.54, 1.807) is 0 Å². The fourth-order valence-electron chi connectivity index (χ4n) is 1.62. The van der Waals surface area contributed by atoms with Gasteiger partial charge in [-0.15, -0.1) is 0 Å². The molecule has 1 saturated heterocycles. The van der Waals surface area contributed by atoms with Gasteiger partial charge in [0.2, 0.25) is 5.91 Å². The largest absolute Gasteiger partial charge is 0.381 e. The zero-order chi connectivity index (χ0) is 11.3. The van der Waals surface area contributed by atoms with Gasteiger partial charge in [0, 0.05) is 19.8 Å². The third-order valence-corrected chi connectivity index (χ3v) is 2.93. The van der Waals surface area contributed by atoms with Crippen LogP contribution in [0.1, 0.15) is 26.7 Å². The average Bonchev–Trinajstić information content (AvgIpc) is 2.26. The van der Waals surface area contributed by atoms with Crippen molar-refractivity contribution in [1.82, 2.24) is 5.32 Å². The van der Waals surface area contributed by atoms with Gasteiger partial charge >= 0.3 is 0 Å². The predicted octanol–water partition coefficient (Wildman–Crippen LogP) is 0.513. The lowest BCUT2D eigenvalue weighted by Crippen LogP contribution is -2.45. The molecule has 1 amide bonds. The molecule has 1 aliphatic rings. The molecule has 0 aromatic carbocycles. The van der Waals surface area contributed by atoms with Gasteiger partial charge < -0.3 is 15.8 Å². The van der Waals surface area contributed by atoms with Gasteiger partial charge in [-0.25, -0.2) is 0 Å². The van der Waals surface area contributed by atoms with Crippen LogP contribution in [-0.2, 0) is 9.53 Å². The fourth-order valence-corrected chi connectivity index (χ4v) is 1.62. The van der Waals surface area contributed by atoms with Crippen LogP contribution in [0, 0.1) is 11.8 Å². The Kier molecular flexibility index (Phi) is 5.05. The molecule has 0 bridgehead atoms. The minimum atomic E-state index is -0.384. The van der Waals surface area contributed by atoms with E-state index in [0.29, 0.717) is 5.92 Å². The highest BCUT2D eigenvalue weighted by Gasteiger charge is 2.19. The minimum Gasteiger partial charge on any atom is -0.381 e. The minimum absolute atomic E-state index is 0.0310. The molecule has 4 nitrogen and oxygen atoms in total. The van der Waals surface area contributed by atoms with E-state index < -0.39 is 0 Å². The third-order valence-electron chi connectivity index (χ3n) is 2.93. The Morgan fingerprint density at radius 3 is 2.60 bits per heavy atom. The third kappa shape index (κ3) is 4.18. The van der Waals surface area contributed by atoms with E-state index in [-0.39, 0.29) is 17.9 Å². The van der Waals surface area contributed by atoms with Gasteiger partial charge in [0.25, 0.3) is 0 Å². The zero-order valence-corrected chi connectivity index (χ0v) is 9.66. The topological polar surface area (TPSA) is 64.4 Å². The smallest absolute Gasteiger partial charge is 0.237 e. The SMILES string of the molecule is CC(C)C(N)C(=O)NCC1CCOCC1. The van der Waals surface area contributed by atoms with Crippen LogP contribution in [0.15, 0.2) is 0 Å². The van der Waals surface area contributed by atoms with Crippen LogP contribution < -0.4 is 11.1 Å². The maximum absolute atomic E-state index is 11.6. The first-order valence-electron chi connectivity index (χ1n) is 5.72. The van der Waals surface area contributed by atoms with Crippen molar-refractivity contribution in [2.24, 2.45) is 17.6 Å². The second-order valence-electron chi connectivity index (χ2n) is 4.57. The van der Waals surface area contributed by atoms with Crippen LogP contribution in [0.3, 0.4) is 0 Å². The number of nitrogens with one attached hydrogen (secondary N) is 1. The number of ether oxygens (including phenoxy) is 1. The van der Waals surface area contributed by atoms with Gasteiger partial charge in [0.05, 0.1) is 6.04 Å². The molecule has 1 fully saturated rings. The Labute approximate surface area is 91.5 Å². The fraction of sp³-hybridized carbons (Fsp3) is 0.909. The van der Waals surface area contributed by atoms with Crippen molar-refractivity contribution in [3.63, 3.8) is 0 Å². The van der Waals surface area contributed by atoms with Crippen molar-refractivity contribution < 1.29 is 9.53 Å². The van der Waals surface area contributed by atoms with Gasteiger partial charge in [-0.2, -0.15) is 0 Å². The first-order chi connectivity index (χ1) is 7.11. The van der Waals surface area contributed by atoms with E-state index in [2.05, 4.69) is 5.32 Å². The van der Waals surface area contributed by atoms with E-state index in [1.165, 1.54) is 0 Å². The van der Waals surface area contributed by atoms with E-state index in [9.17, 15) is 4.79 Å². The molecule has 15 heavy (non-hydrogen) atoms. The monoisotopic (exact) mass is 214 g/mol. The second-order valence-corrected chi connectivity index (χ2v) is 4.57. The Balaban J connectivity index is 2.20. The number of hydrogen-bond donors (Lipinski definition) is 2. The summed E-state index contributed by atoms with van der Waals surface area (Å²) >= 11 is 0. The van der Waals surface area contributed by atoms with Crippen molar-refractivity contribution in [2.75, 3.05) is 19.8 Å². The summed E-state index contributed by atoms with van der Waals surface area (Å²) in [7, 11) is 0. The summed E-state index contributed by atoms with van der Waals surface area (Å²) in [5, 5.41) is 2.91. The molecule has 0 aromatic rings. The molecule has 1 aliphatic heterocycles. The van der Waals surface area contributed by atoms with E-state index in [1.807, 2.05) is 13.8 Å². The number of nitrogens with two attached hydrogens (primary N) is 1. The molecule has 0 spiro atoms. The van der Waals surface area contributed by atoms with Crippen molar-refractivity contribution in [3.05, 3.63) is 0 Å². The molecule has 0 aromatic heterocycles. The van der Waals surface area contributed by atoms with Crippen molar-refractivity contribution in [2.45, 2.75) is 32.7 Å². The Bertz CT molecular complexity index is 201. The summed E-state index contributed by atoms with van der Waals surface area (Å²) in [5.74, 6) is 0.721. The number of rotatable bonds is 4. The molecule has 88 valence electrons. The predicted molar refractivity (Wildman–Crippen MR) is 59.4 cm³/mol. The number of carbonyl (C=O) groups is 1. The van der Waals surface area contributed by atoms with E-state index in [0.717, 1.165) is 32.6 Å². The highest BCUT2D eigenvalue weighted by atomic mass is 16.5. The summed E-state index contributed by atoms with van der Waals surface area (Å²) in [6, 6.07) is -0.384. The van der Waals surface area contributed by atoms with Crippen LogP contribution in [0.5, 0.6) is 0 Å². The maximum atomic E-state index is 11.6. The Morgan fingerprint density at radius 2 is 2.07 bits per heavy atom. The zero-order valence-electron chi connectivity index (χ0n) is 9.66. The van der Waals surface area contributed by atoms with Gasteiger partial charge in [0.15, 0.2) is 0 Å². The Hall–Kier alpha value is -0.610. The molecule has 1 atom stereocenters. The quantitative estimate of drug-likeness (QED) is 0.717. The molecule has 1 heterocycles. The normalized spacial score (nSPS) is 20.3. The molecule has 3 N–H and O–H groups in total. The summed E-state index contributed by atoms with van der Waals surface area (Å²) in [6.07, 6.45) is 2.08. The molecule has 0 aliphatic carbocycles. The van der Waals surface area contributed by atoms with E-state index in [4.69, 9.17) is 10.5 Å². The van der Waals surface area contributed by atoms with Crippen LogP contribution in [0.25, 0.3) is 0 Å². The molecule has 0 saturated carbocycles. The van der Waals surface area contributed by atoms with Crippen molar-refractivity contribution in [1.29, 1.82) is 0 Å². The summed E-state index contributed by atoms with van der Waals surface area (Å²) < 4.78 is 5.25. The molecule has 1 unspecified atom stereocenters. The van der Waals surface area contributed by atoms with Crippen LogP contribution in [-0.4, -0.2) is 31.7 Å². The number of carbonyl (C=O) groups excluding carboxylic acids is 1. The summed E-state index contributed by atoms with van der Waals surface area (Å²) in [6.45, 7) is 6.29. The molecular formula is C11H22N2O2. The van der Waals surface area contributed by atoms with Crippen LogP contribution in [0.4, 0.5) is 0 Å². The summed E-state index contributed by atoms with van der Waals surface area (Å²) in [4.78, 5) is 11.6. The highest BCUT2D eigenvalue weighted by Crippen LogP contribution is 2.13.